The molecule has 0 spiro atoms. The number of aromatic nitrogens is 3. The lowest BCUT2D eigenvalue weighted by Crippen LogP contribution is -2.25. The van der Waals surface area contributed by atoms with E-state index in [-0.39, 0.29) is 6.04 Å². The van der Waals surface area contributed by atoms with E-state index in [1.807, 2.05) is 12.1 Å². The normalized spacial score (nSPS) is 13.8. The van der Waals surface area contributed by atoms with Crippen LogP contribution >= 0.6 is 0 Å². The van der Waals surface area contributed by atoms with Crippen LogP contribution in [0.1, 0.15) is 29.3 Å². The third-order valence-corrected chi connectivity index (χ3v) is 4.90. The number of anilines is 1. The van der Waals surface area contributed by atoms with Crippen LogP contribution in [0.5, 0.6) is 5.75 Å². The largest absolute Gasteiger partial charge is 0.491 e. The fourth-order valence-corrected chi connectivity index (χ4v) is 3.43. The molecule has 28 heavy (non-hydrogen) atoms. The molecular formula is C22H25N5O. The van der Waals surface area contributed by atoms with E-state index in [9.17, 15) is 0 Å². The summed E-state index contributed by atoms with van der Waals surface area (Å²) in [6, 6.07) is 10.2. The first-order chi connectivity index (χ1) is 13.6. The molecule has 1 aliphatic rings. The number of para-hydroxylation sites is 1. The molecule has 0 amide bonds. The fourth-order valence-electron chi connectivity index (χ4n) is 3.43. The predicted octanol–water partition coefficient (Wildman–Crippen LogP) is 3.64. The van der Waals surface area contributed by atoms with Crippen LogP contribution in [-0.2, 0) is 13.1 Å². The van der Waals surface area contributed by atoms with Crippen LogP contribution in [0.4, 0.5) is 5.82 Å². The molecule has 6 nitrogen and oxygen atoms in total. The van der Waals surface area contributed by atoms with Gasteiger partial charge in [-0.1, -0.05) is 18.2 Å². The van der Waals surface area contributed by atoms with Gasteiger partial charge in [0.05, 0.1) is 11.7 Å². The molecule has 0 saturated heterocycles. The highest BCUT2D eigenvalue weighted by atomic mass is 16.5. The average Bonchev–Trinajstić information content (AvgIpc) is 3.17. The van der Waals surface area contributed by atoms with Crippen LogP contribution in [0, 0.1) is 13.8 Å². The Hall–Kier alpha value is -2.99. The van der Waals surface area contributed by atoms with E-state index < -0.39 is 0 Å². The molecule has 6 heteroatoms. The molecule has 0 aliphatic carbocycles. The van der Waals surface area contributed by atoms with Crippen LogP contribution in [-0.4, -0.2) is 27.6 Å². The number of hydrogen-bond acceptors (Lipinski definition) is 6. The second kappa shape index (κ2) is 7.94. The van der Waals surface area contributed by atoms with Gasteiger partial charge >= 0.3 is 0 Å². The molecule has 0 fully saturated rings. The minimum absolute atomic E-state index is 0.101. The molecule has 0 unspecified atom stereocenters. The summed E-state index contributed by atoms with van der Waals surface area (Å²) in [6.45, 7) is 8.35. The molecule has 1 aromatic carbocycles. The van der Waals surface area contributed by atoms with Crippen LogP contribution < -0.4 is 15.4 Å². The summed E-state index contributed by atoms with van der Waals surface area (Å²) in [4.78, 5) is 13.6. The van der Waals surface area contributed by atoms with Crippen LogP contribution in [0.2, 0.25) is 0 Å². The van der Waals surface area contributed by atoms with Gasteiger partial charge in [-0.15, -0.1) is 0 Å². The zero-order valence-corrected chi connectivity index (χ0v) is 16.5. The number of fused-ring (bicyclic) bond motifs is 1. The van der Waals surface area contributed by atoms with Gasteiger partial charge in [-0.3, -0.25) is 4.98 Å². The molecule has 1 atom stereocenters. The second-order valence-corrected chi connectivity index (χ2v) is 7.24. The molecule has 2 aromatic heterocycles. The minimum Gasteiger partial charge on any atom is -0.491 e. The van der Waals surface area contributed by atoms with Gasteiger partial charge in [0.25, 0.3) is 0 Å². The van der Waals surface area contributed by atoms with Crippen molar-refractivity contribution in [2.24, 2.45) is 0 Å². The van der Waals surface area contributed by atoms with Crippen molar-refractivity contribution < 1.29 is 4.74 Å². The third-order valence-electron chi connectivity index (χ3n) is 4.90. The number of pyridine rings is 1. The minimum atomic E-state index is 0.101. The van der Waals surface area contributed by atoms with E-state index in [0.29, 0.717) is 6.61 Å². The lowest BCUT2D eigenvalue weighted by molar-refractivity contribution is 0.300. The van der Waals surface area contributed by atoms with Crippen molar-refractivity contribution in [2.75, 3.05) is 11.9 Å². The van der Waals surface area contributed by atoms with Crippen LogP contribution in [0.3, 0.4) is 0 Å². The quantitative estimate of drug-likeness (QED) is 0.685. The van der Waals surface area contributed by atoms with Crippen molar-refractivity contribution in [3.8, 4) is 17.1 Å². The Balaban J connectivity index is 1.53. The van der Waals surface area contributed by atoms with Gasteiger partial charge < -0.3 is 15.4 Å². The van der Waals surface area contributed by atoms with Crippen molar-refractivity contribution in [1.29, 1.82) is 0 Å². The number of benzene rings is 1. The zero-order chi connectivity index (χ0) is 19.5. The molecule has 2 N–H and O–H groups in total. The van der Waals surface area contributed by atoms with Gasteiger partial charge in [-0.25, -0.2) is 9.97 Å². The Labute approximate surface area is 165 Å². The van der Waals surface area contributed by atoms with Gasteiger partial charge in [0.1, 0.15) is 18.2 Å². The first-order valence-electron chi connectivity index (χ1n) is 9.58. The topological polar surface area (TPSA) is 72.0 Å². The van der Waals surface area contributed by atoms with Gasteiger partial charge in [0, 0.05) is 36.6 Å². The Bertz CT molecular complexity index is 954. The van der Waals surface area contributed by atoms with Gasteiger partial charge in [0.15, 0.2) is 5.82 Å². The molecule has 1 aliphatic heterocycles. The number of rotatable bonds is 6. The summed E-state index contributed by atoms with van der Waals surface area (Å²) in [5, 5.41) is 6.90. The van der Waals surface area contributed by atoms with E-state index >= 15 is 0 Å². The summed E-state index contributed by atoms with van der Waals surface area (Å²) < 4.78 is 6.11. The van der Waals surface area contributed by atoms with E-state index in [4.69, 9.17) is 14.7 Å². The summed E-state index contributed by atoms with van der Waals surface area (Å²) in [5.74, 6) is 2.55. The molecular weight excluding hydrogens is 350 g/mol. The maximum atomic E-state index is 6.11. The monoisotopic (exact) mass is 375 g/mol. The summed E-state index contributed by atoms with van der Waals surface area (Å²) in [5.41, 5.74) is 5.45. The van der Waals surface area contributed by atoms with E-state index in [1.54, 1.807) is 12.4 Å². The third kappa shape index (κ3) is 3.82. The lowest BCUT2D eigenvalue weighted by atomic mass is 10.1. The maximum Gasteiger partial charge on any atom is 0.161 e. The highest BCUT2D eigenvalue weighted by Gasteiger charge is 2.21. The summed E-state index contributed by atoms with van der Waals surface area (Å²) in [7, 11) is 0. The van der Waals surface area contributed by atoms with Crippen molar-refractivity contribution in [3.63, 3.8) is 0 Å². The molecule has 144 valence electrons. The number of nitrogens with one attached hydrogen (secondary N) is 2. The van der Waals surface area contributed by atoms with Crippen molar-refractivity contribution in [3.05, 3.63) is 65.1 Å². The van der Waals surface area contributed by atoms with Crippen LogP contribution in [0.25, 0.3) is 11.4 Å². The molecule has 3 heterocycles. The van der Waals surface area contributed by atoms with Crippen molar-refractivity contribution in [2.45, 2.75) is 39.9 Å². The maximum absolute atomic E-state index is 6.11. The summed E-state index contributed by atoms with van der Waals surface area (Å²) in [6.07, 6.45) is 3.52. The lowest BCUT2D eigenvalue weighted by Gasteiger charge is -2.19. The van der Waals surface area contributed by atoms with E-state index in [0.717, 1.165) is 58.4 Å². The molecule has 0 saturated carbocycles. The highest BCUT2D eigenvalue weighted by molar-refractivity contribution is 5.60. The summed E-state index contributed by atoms with van der Waals surface area (Å²) >= 11 is 0. The van der Waals surface area contributed by atoms with Gasteiger partial charge in [-0.05, 0) is 44.0 Å². The Kier molecular flexibility index (Phi) is 5.21. The standard InChI is InChI=1S/C22H25N5O/c1-14-5-4-6-15(2)20(14)28-13-16(3)25-22-18-11-24-12-19(18)26-21(27-22)17-7-9-23-10-8-17/h4-10,16,24H,11-13H2,1-3H3,(H,25,26,27)/t16-/m1/s1. The number of nitrogens with zero attached hydrogens (tertiary/aromatic N) is 3. The Morgan fingerprint density at radius 1 is 1.07 bits per heavy atom. The van der Waals surface area contributed by atoms with Crippen LogP contribution in [0.15, 0.2) is 42.7 Å². The van der Waals surface area contributed by atoms with E-state index in [2.05, 4.69) is 54.6 Å². The SMILES string of the molecule is Cc1cccc(C)c1OC[C@@H](C)Nc1nc(-c2ccncc2)nc2c1CNC2. The molecule has 3 aromatic rings. The Morgan fingerprint density at radius 2 is 1.82 bits per heavy atom. The first kappa shape index (κ1) is 18.4. The molecule has 0 radical (unpaired) electrons. The first-order valence-corrected chi connectivity index (χ1v) is 9.58. The molecule has 4 rings (SSSR count). The van der Waals surface area contributed by atoms with E-state index in [1.165, 1.54) is 0 Å². The van der Waals surface area contributed by atoms with Crippen molar-refractivity contribution >= 4 is 5.82 Å². The average molecular weight is 375 g/mol. The second-order valence-electron chi connectivity index (χ2n) is 7.24. The number of aryl methyl sites for hydroxylation is 2. The number of hydrogen-bond donors (Lipinski definition) is 2. The highest BCUT2D eigenvalue weighted by Crippen LogP contribution is 2.26. The molecule has 0 bridgehead atoms. The number of ether oxygens (including phenoxy) is 1. The predicted molar refractivity (Wildman–Crippen MR) is 110 cm³/mol. The van der Waals surface area contributed by atoms with Crippen molar-refractivity contribution in [1.82, 2.24) is 20.3 Å². The fraction of sp³-hybridized carbons (Fsp3) is 0.318. The van der Waals surface area contributed by atoms with Gasteiger partial charge in [-0.2, -0.15) is 0 Å². The van der Waals surface area contributed by atoms with Gasteiger partial charge in [0.2, 0.25) is 0 Å². The Morgan fingerprint density at radius 3 is 2.57 bits per heavy atom. The zero-order valence-electron chi connectivity index (χ0n) is 16.5. The smallest absolute Gasteiger partial charge is 0.161 e.